The van der Waals surface area contributed by atoms with Crippen LogP contribution in [0.25, 0.3) is 0 Å². The van der Waals surface area contributed by atoms with Gasteiger partial charge in [-0.05, 0) is 22.6 Å². The molecule has 0 saturated carbocycles. The normalized spacial score (nSPS) is 9.00. The second kappa shape index (κ2) is 5.60. The molecule has 1 amide bonds. The molecule has 0 aromatic heterocycles. The van der Waals surface area contributed by atoms with E-state index in [0.717, 1.165) is 0 Å². The van der Waals surface area contributed by atoms with Crippen LogP contribution in [0.15, 0.2) is 0 Å². The zero-order chi connectivity index (χ0) is 7.98. The van der Waals surface area contributed by atoms with Crippen molar-refractivity contribution < 1.29 is 14.4 Å². The van der Waals surface area contributed by atoms with E-state index in [9.17, 15) is 9.59 Å². The molecule has 4 nitrogen and oxygen atoms in total. The van der Waals surface area contributed by atoms with Gasteiger partial charge in [-0.2, -0.15) is 0 Å². The van der Waals surface area contributed by atoms with Crippen LogP contribution in [0.1, 0.15) is 12.8 Å². The van der Waals surface area contributed by atoms with Crippen LogP contribution in [0.2, 0.25) is 0 Å². The molecular formula is C5H8INO3. The first kappa shape index (κ1) is 9.83. The highest BCUT2D eigenvalue weighted by molar-refractivity contribution is 14.1. The fraction of sp³-hybridized carbons (Fsp3) is 0.600. The van der Waals surface area contributed by atoms with Gasteiger partial charge in [-0.3, -0.25) is 14.4 Å². The number of hydroxylamine groups is 1. The Hall–Kier alpha value is -0.170. The second-order valence-electron chi connectivity index (χ2n) is 1.58. The van der Waals surface area contributed by atoms with Crippen molar-refractivity contribution in [1.82, 2.24) is 5.48 Å². The molecule has 0 bridgehead atoms. The quantitative estimate of drug-likeness (QED) is 0.450. The lowest BCUT2D eigenvalue weighted by atomic mass is 10.3. The summed E-state index contributed by atoms with van der Waals surface area (Å²) in [4.78, 5) is 25.2. The van der Waals surface area contributed by atoms with Crippen LogP contribution in [0.5, 0.6) is 0 Å². The van der Waals surface area contributed by atoms with E-state index in [2.05, 4.69) is 10.3 Å². The van der Waals surface area contributed by atoms with Crippen molar-refractivity contribution in [2.75, 3.05) is 7.11 Å². The van der Waals surface area contributed by atoms with Gasteiger partial charge in [-0.25, -0.2) is 5.48 Å². The molecule has 0 aliphatic carbocycles. The van der Waals surface area contributed by atoms with Gasteiger partial charge in [-0.1, -0.05) is 0 Å². The van der Waals surface area contributed by atoms with Crippen LogP contribution in [0, 0.1) is 0 Å². The zero-order valence-corrected chi connectivity index (χ0v) is 7.67. The first-order valence-electron chi connectivity index (χ1n) is 2.67. The minimum atomic E-state index is -0.271. The predicted octanol–water partition coefficient (Wildman–Crippen LogP) is 0.406. The van der Waals surface area contributed by atoms with Gasteiger partial charge in [-0.15, -0.1) is 0 Å². The molecule has 0 spiro atoms. The molecule has 0 fully saturated rings. The van der Waals surface area contributed by atoms with Crippen molar-refractivity contribution in [3.8, 4) is 0 Å². The number of rotatable bonds is 4. The van der Waals surface area contributed by atoms with E-state index in [1.54, 1.807) is 22.6 Å². The van der Waals surface area contributed by atoms with E-state index >= 15 is 0 Å². The fourth-order valence-electron chi connectivity index (χ4n) is 0.377. The molecule has 0 atom stereocenters. The third kappa shape index (κ3) is 5.96. The highest BCUT2D eigenvalue weighted by atomic mass is 127. The molecule has 1 N–H and O–H groups in total. The van der Waals surface area contributed by atoms with E-state index in [4.69, 9.17) is 0 Å². The largest absolute Gasteiger partial charge is 0.288 e. The maximum Gasteiger partial charge on any atom is 0.243 e. The van der Waals surface area contributed by atoms with E-state index in [1.807, 2.05) is 0 Å². The Morgan fingerprint density at radius 3 is 2.50 bits per heavy atom. The van der Waals surface area contributed by atoms with Crippen molar-refractivity contribution in [1.29, 1.82) is 0 Å². The molecule has 5 heteroatoms. The molecule has 0 heterocycles. The summed E-state index contributed by atoms with van der Waals surface area (Å²) < 4.78 is -0.0242. The number of nitrogens with one attached hydrogen (secondary N) is 1. The van der Waals surface area contributed by atoms with Gasteiger partial charge in [0.1, 0.15) is 0 Å². The molecular weight excluding hydrogens is 249 g/mol. The molecule has 0 radical (unpaired) electrons. The Kier molecular flexibility index (Phi) is 5.51. The highest BCUT2D eigenvalue weighted by Crippen LogP contribution is 1.96. The third-order valence-corrected chi connectivity index (χ3v) is 1.30. The lowest BCUT2D eigenvalue weighted by molar-refractivity contribution is -0.132. The Bertz CT molecular complexity index is 137. The molecule has 0 aromatic rings. The van der Waals surface area contributed by atoms with Crippen LogP contribution in [-0.2, 0) is 14.4 Å². The predicted molar refractivity (Wildman–Crippen MR) is 43.4 cm³/mol. The minimum Gasteiger partial charge on any atom is -0.288 e. The molecule has 0 aliphatic rings. The number of carbonyl (C=O) groups is 2. The highest BCUT2D eigenvalue weighted by Gasteiger charge is 2.02. The molecule has 58 valence electrons. The molecule has 0 aliphatic heterocycles. The SMILES string of the molecule is CONC(=O)CCC(=O)I. The van der Waals surface area contributed by atoms with Crippen molar-refractivity contribution in [3.05, 3.63) is 0 Å². The number of hydrogen-bond donors (Lipinski definition) is 1. The lowest BCUT2D eigenvalue weighted by Crippen LogP contribution is -2.21. The second-order valence-corrected chi connectivity index (χ2v) is 2.79. The van der Waals surface area contributed by atoms with Crippen molar-refractivity contribution in [2.24, 2.45) is 0 Å². The van der Waals surface area contributed by atoms with E-state index in [-0.39, 0.29) is 22.5 Å². The first-order chi connectivity index (χ1) is 4.66. The Balaban J connectivity index is 3.30. The Morgan fingerprint density at radius 1 is 1.50 bits per heavy atom. The molecule has 10 heavy (non-hydrogen) atoms. The fourth-order valence-corrected chi connectivity index (χ4v) is 0.646. The molecule has 0 unspecified atom stereocenters. The summed E-state index contributed by atoms with van der Waals surface area (Å²) in [5.74, 6) is -0.271. The number of amides is 1. The van der Waals surface area contributed by atoms with Gasteiger partial charge < -0.3 is 0 Å². The van der Waals surface area contributed by atoms with Crippen LogP contribution in [0.4, 0.5) is 0 Å². The van der Waals surface area contributed by atoms with Gasteiger partial charge in [0.05, 0.1) is 7.11 Å². The monoisotopic (exact) mass is 257 g/mol. The van der Waals surface area contributed by atoms with E-state index in [1.165, 1.54) is 7.11 Å². The number of carbonyl (C=O) groups excluding carboxylic acids is 2. The first-order valence-corrected chi connectivity index (χ1v) is 3.75. The van der Waals surface area contributed by atoms with Crippen molar-refractivity contribution in [2.45, 2.75) is 12.8 Å². The number of hydrogen-bond acceptors (Lipinski definition) is 3. The average Bonchev–Trinajstić information content (AvgIpc) is 1.85. The van der Waals surface area contributed by atoms with Gasteiger partial charge in [0, 0.05) is 12.8 Å². The maximum atomic E-state index is 10.6. The third-order valence-electron chi connectivity index (χ3n) is 0.765. The number of halogens is 1. The summed E-state index contributed by atoms with van der Waals surface area (Å²) >= 11 is 1.64. The van der Waals surface area contributed by atoms with Gasteiger partial charge in [0.15, 0.2) is 3.79 Å². The van der Waals surface area contributed by atoms with Crippen molar-refractivity contribution >= 4 is 32.3 Å². The lowest BCUT2D eigenvalue weighted by Gasteiger charge is -1.97. The minimum absolute atomic E-state index is 0.0242. The van der Waals surface area contributed by atoms with Crippen LogP contribution in [0.3, 0.4) is 0 Å². The van der Waals surface area contributed by atoms with Crippen molar-refractivity contribution in [3.63, 3.8) is 0 Å². The average molecular weight is 257 g/mol. The van der Waals surface area contributed by atoms with E-state index in [0.29, 0.717) is 0 Å². The zero-order valence-electron chi connectivity index (χ0n) is 5.52. The van der Waals surface area contributed by atoms with Gasteiger partial charge in [0.25, 0.3) is 0 Å². The van der Waals surface area contributed by atoms with Crippen LogP contribution < -0.4 is 5.48 Å². The summed E-state index contributed by atoms with van der Waals surface area (Å²) in [6.07, 6.45) is 0.450. The van der Waals surface area contributed by atoms with E-state index < -0.39 is 0 Å². The summed E-state index contributed by atoms with van der Waals surface area (Å²) in [6.45, 7) is 0. The van der Waals surface area contributed by atoms with Crippen LogP contribution in [-0.4, -0.2) is 16.8 Å². The van der Waals surface area contributed by atoms with Gasteiger partial charge >= 0.3 is 0 Å². The molecule has 0 aromatic carbocycles. The maximum absolute atomic E-state index is 10.6. The molecule has 0 saturated heterocycles. The summed E-state index contributed by atoms with van der Waals surface area (Å²) in [7, 11) is 1.35. The molecule has 0 rings (SSSR count). The Labute approximate surface area is 72.4 Å². The Morgan fingerprint density at radius 2 is 2.10 bits per heavy atom. The smallest absolute Gasteiger partial charge is 0.243 e. The standard InChI is InChI=1S/C5H8INO3/c1-10-7-5(9)3-2-4(6)8/h2-3H2,1H3,(H,7,9). The summed E-state index contributed by atoms with van der Waals surface area (Å²) in [5, 5.41) is 0. The topological polar surface area (TPSA) is 55.4 Å². The summed E-state index contributed by atoms with van der Waals surface area (Å²) in [6, 6.07) is 0. The summed E-state index contributed by atoms with van der Waals surface area (Å²) in [5.41, 5.74) is 2.11. The van der Waals surface area contributed by atoms with Crippen LogP contribution >= 0.6 is 22.6 Å². The van der Waals surface area contributed by atoms with Gasteiger partial charge in [0.2, 0.25) is 5.91 Å².